The molecule has 0 aromatic heterocycles. The number of oxime groups is 1. The minimum absolute atomic E-state index is 0.807. The molecule has 0 aromatic rings. The molecule has 0 aromatic carbocycles. The van der Waals surface area contributed by atoms with Gasteiger partial charge in [0.05, 0.1) is 5.71 Å². The highest BCUT2D eigenvalue weighted by Crippen LogP contribution is 2.11. The summed E-state index contributed by atoms with van der Waals surface area (Å²) in [6, 6.07) is 0. The molecule has 0 saturated carbocycles. The molecular formula is C12H22N2O. The van der Waals surface area contributed by atoms with Gasteiger partial charge >= 0.3 is 0 Å². The standard InChI is InChI=1S/C12H22N2O/c1-3-8-14(9-4-1)10-5-2-6-12-7-11-15-13-12/h1-11H2. The maximum absolute atomic E-state index is 4.98. The van der Waals surface area contributed by atoms with Crippen molar-refractivity contribution >= 4 is 5.71 Å². The second-order valence-electron chi connectivity index (χ2n) is 4.60. The first-order chi connectivity index (χ1) is 7.45. The third-order valence-electron chi connectivity index (χ3n) is 3.31. The van der Waals surface area contributed by atoms with Gasteiger partial charge in [0, 0.05) is 6.42 Å². The maximum Gasteiger partial charge on any atom is 0.122 e. The molecule has 0 aliphatic carbocycles. The molecule has 0 radical (unpaired) electrons. The van der Waals surface area contributed by atoms with Crippen LogP contribution in [0.4, 0.5) is 0 Å². The Bertz CT molecular complexity index is 210. The minimum Gasteiger partial charge on any atom is -0.395 e. The summed E-state index contributed by atoms with van der Waals surface area (Å²) in [7, 11) is 0. The van der Waals surface area contributed by atoms with Crippen molar-refractivity contribution in [3.05, 3.63) is 0 Å². The number of piperidine rings is 1. The quantitative estimate of drug-likeness (QED) is 0.651. The van der Waals surface area contributed by atoms with Gasteiger partial charge in [-0.3, -0.25) is 0 Å². The molecule has 2 rings (SSSR count). The lowest BCUT2D eigenvalue weighted by Gasteiger charge is -2.26. The van der Waals surface area contributed by atoms with Gasteiger partial charge in [-0.25, -0.2) is 0 Å². The molecule has 1 saturated heterocycles. The van der Waals surface area contributed by atoms with Gasteiger partial charge in [-0.15, -0.1) is 0 Å². The molecule has 86 valence electrons. The summed E-state index contributed by atoms with van der Waals surface area (Å²) in [5.74, 6) is 0. The van der Waals surface area contributed by atoms with E-state index in [0.717, 1.165) is 19.4 Å². The lowest BCUT2D eigenvalue weighted by atomic mass is 10.1. The Balaban J connectivity index is 1.50. The Morgan fingerprint density at radius 1 is 1.13 bits per heavy atom. The van der Waals surface area contributed by atoms with Gasteiger partial charge in [0.1, 0.15) is 6.61 Å². The molecule has 2 heterocycles. The van der Waals surface area contributed by atoms with Crippen LogP contribution in [-0.2, 0) is 4.84 Å². The number of rotatable bonds is 5. The number of hydrogen-bond donors (Lipinski definition) is 0. The number of unbranched alkanes of at least 4 members (excludes halogenated alkanes) is 1. The number of nitrogens with zero attached hydrogens (tertiary/aromatic N) is 2. The van der Waals surface area contributed by atoms with Gasteiger partial charge in [0.15, 0.2) is 0 Å². The summed E-state index contributed by atoms with van der Waals surface area (Å²) in [6.45, 7) is 4.74. The van der Waals surface area contributed by atoms with E-state index in [1.54, 1.807) is 0 Å². The number of likely N-dealkylation sites (tertiary alicyclic amines) is 1. The highest BCUT2D eigenvalue weighted by molar-refractivity contribution is 5.84. The Morgan fingerprint density at radius 2 is 2.00 bits per heavy atom. The molecule has 0 unspecified atom stereocenters. The van der Waals surface area contributed by atoms with Crippen molar-refractivity contribution in [3.63, 3.8) is 0 Å². The van der Waals surface area contributed by atoms with Crippen LogP contribution in [0.1, 0.15) is 44.9 Å². The van der Waals surface area contributed by atoms with E-state index in [2.05, 4.69) is 10.1 Å². The van der Waals surface area contributed by atoms with E-state index < -0.39 is 0 Å². The van der Waals surface area contributed by atoms with Gasteiger partial charge in [-0.1, -0.05) is 11.6 Å². The predicted octanol–water partition coefficient (Wildman–Crippen LogP) is 2.42. The van der Waals surface area contributed by atoms with Crippen molar-refractivity contribution in [3.8, 4) is 0 Å². The van der Waals surface area contributed by atoms with Crippen LogP contribution in [0.2, 0.25) is 0 Å². The Morgan fingerprint density at radius 3 is 2.73 bits per heavy atom. The van der Waals surface area contributed by atoms with Crippen LogP contribution in [0.15, 0.2) is 5.16 Å². The summed E-state index contributed by atoms with van der Waals surface area (Å²) in [6.07, 6.45) is 9.04. The van der Waals surface area contributed by atoms with E-state index in [9.17, 15) is 0 Å². The molecule has 1 fully saturated rings. The van der Waals surface area contributed by atoms with Crippen molar-refractivity contribution in [1.82, 2.24) is 4.90 Å². The largest absolute Gasteiger partial charge is 0.395 e. The molecule has 0 atom stereocenters. The van der Waals surface area contributed by atoms with Crippen LogP contribution >= 0.6 is 0 Å². The van der Waals surface area contributed by atoms with Crippen LogP contribution in [0, 0.1) is 0 Å². The third kappa shape index (κ3) is 3.82. The average molecular weight is 210 g/mol. The minimum atomic E-state index is 0.807. The fraction of sp³-hybridized carbons (Fsp3) is 0.917. The second-order valence-corrected chi connectivity index (χ2v) is 4.60. The van der Waals surface area contributed by atoms with Crippen molar-refractivity contribution in [2.45, 2.75) is 44.9 Å². The van der Waals surface area contributed by atoms with E-state index in [1.165, 1.54) is 57.5 Å². The summed E-state index contributed by atoms with van der Waals surface area (Å²) >= 11 is 0. The smallest absolute Gasteiger partial charge is 0.122 e. The van der Waals surface area contributed by atoms with Crippen LogP contribution in [0.3, 0.4) is 0 Å². The van der Waals surface area contributed by atoms with Crippen LogP contribution < -0.4 is 0 Å². The fourth-order valence-corrected chi connectivity index (χ4v) is 2.36. The molecule has 0 spiro atoms. The number of hydrogen-bond acceptors (Lipinski definition) is 3. The Labute approximate surface area is 92.5 Å². The SMILES string of the molecule is C1CCN(CCCCC2=NOCC2)CC1. The zero-order valence-electron chi connectivity index (χ0n) is 9.58. The molecule has 2 aliphatic rings. The van der Waals surface area contributed by atoms with E-state index in [0.29, 0.717) is 0 Å². The van der Waals surface area contributed by atoms with E-state index in [1.807, 2.05) is 0 Å². The van der Waals surface area contributed by atoms with Gasteiger partial charge < -0.3 is 9.74 Å². The van der Waals surface area contributed by atoms with Crippen LogP contribution in [-0.4, -0.2) is 36.9 Å². The van der Waals surface area contributed by atoms with Crippen LogP contribution in [0.5, 0.6) is 0 Å². The van der Waals surface area contributed by atoms with Crippen molar-refractivity contribution in [2.75, 3.05) is 26.2 Å². The first-order valence-electron chi connectivity index (χ1n) is 6.35. The van der Waals surface area contributed by atoms with Gasteiger partial charge in [0.2, 0.25) is 0 Å². The van der Waals surface area contributed by atoms with Crippen molar-refractivity contribution in [1.29, 1.82) is 0 Å². The highest BCUT2D eigenvalue weighted by Gasteiger charge is 2.10. The first kappa shape index (κ1) is 10.9. The lowest BCUT2D eigenvalue weighted by molar-refractivity contribution is 0.173. The molecular weight excluding hydrogens is 188 g/mol. The second kappa shape index (κ2) is 6.11. The predicted molar refractivity (Wildman–Crippen MR) is 62.1 cm³/mol. The van der Waals surface area contributed by atoms with Crippen molar-refractivity contribution < 1.29 is 4.84 Å². The van der Waals surface area contributed by atoms with Crippen LogP contribution in [0.25, 0.3) is 0 Å². The first-order valence-corrected chi connectivity index (χ1v) is 6.35. The zero-order valence-corrected chi connectivity index (χ0v) is 9.58. The van der Waals surface area contributed by atoms with Gasteiger partial charge in [0.25, 0.3) is 0 Å². The molecule has 0 amide bonds. The summed E-state index contributed by atoms with van der Waals surface area (Å²) < 4.78 is 0. The monoisotopic (exact) mass is 210 g/mol. The zero-order chi connectivity index (χ0) is 10.3. The topological polar surface area (TPSA) is 24.8 Å². The van der Waals surface area contributed by atoms with E-state index in [-0.39, 0.29) is 0 Å². The maximum atomic E-state index is 4.98. The molecule has 15 heavy (non-hydrogen) atoms. The normalized spacial score (nSPS) is 22.5. The molecule has 0 bridgehead atoms. The highest BCUT2D eigenvalue weighted by atomic mass is 16.6. The Hall–Kier alpha value is -0.570. The lowest BCUT2D eigenvalue weighted by Crippen LogP contribution is -2.30. The Kier molecular flexibility index (Phi) is 4.45. The average Bonchev–Trinajstić information content (AvgIpc) is 2.79. The molecule has 3 heteroatoms. The summed E-state index contributed by atoms with van der Waals surface area (Å²) in [5, 5.41) is 4.02. The molecule has 3 nitrogen and oxygen atoms in total. The fourth-order valence-electron chi connectivity index (χ4n) is 2.36. The van der Waals surface area contributed by atoms with Crippen molar-refractivity contribution in [2.24, 2.45) is 5.16 Å². The molecule has 2 aliphatic heterocycles. The van der Waals surface area contributed by atoms with Gasteiger partial charge in [-0.2, -0.15) is 0 Å². The van der Waals surface area contributed by atoms with E-state index >= 15 is 0 Å². The van der Waals surface area contributed by atoms with E-state index in [4.69, 9.17) is 4.84 Å². The summed E-state index contributed by atoms with van der Waals surface area (Å²) in [4.78, 5) is 7.59. The summed E-state index contributed by atoms with van der Waals surface area (Å²) in [5.41, 5.74) is 1.27. The third-order valence-corrected chi connectivity index (χ3v) is 3.31. The molecule has 0 N–H and O–H groups in total. The van der Waals surface area contributed by atoms with Gasteiger partial charge in [-0.05, 0) is 51.7 Å².